The van der Waals surface area contributed by atoms with Gasteiger partial charge in [0.15, 0.2) is 0 Å². The molecule has 4 rings (SSSR count). The molecular formula is C23H24FN3O3. The van der Waals surface area contributed by atoms with Crippen molar-refractivity contribution in [2.45, 2.75) is 18.0 Å². The van der Waals surface area contributed by atoms with Gasteiger partial charge in [0.1, 0.15) is 11.9 Å². The van der Waals surface area contributed by atoms with Crippen LogP contribution in [0.25, 0.3) is 11.1 Å². The van der Waals surface area contributed by atoms with Crippen LogP contribution in [0.15, 0.2) is 48.5 Å². The lowest BCUT2D eigenvalue weighted by Gasteiger charge is -2.52. The van der Waals surface area contributed by atoms with Gasteiger partial charge in [0, 0.05) is 19.0 Å². The Morgan fingerprint density at radius 1 is 1.20 bits per heavy atom. The standard InChI is InChI=1S/C23H24FN3O3/c24-17-5-3-4-16(12-17)18-6-1-2-7-19(18)23-20(13-25)27(21(23)15-28)22(29)14-26-8-10-30-11-9-26/h1-7,12,20-21,23,28H,8-11,14-15H2/t20-,21-,23+/m1/s1. The van der Waals surface area contributed by atoms with Crippen molar-refractivity contribution in [2.24, 2.45) is 0 Å². The number of amides is 1. The number of nitrogens with zero attached hydrogens (tertiary/aromatic N) is 3. The largest absolute Gasteiger partial charge is 0.394 e. The smallest absolute Gasteiger partial charge is 0.238 e. The molecule has 2 aliphatic heterocycles. The summed E-state index contributed by atoms with van der Waals surface area (Å²) in [6, 6.07) is 14.9. The highest BCUT2D eigenvalue weighted by Crippen LogP contribution is 2.44. The van der Waals surface area contributed by atoms with E-state index in [0.29, 0.717) is 31.9 Å². The molecule has 0 aromatic heterocycles. The SMILES string of the molecule is N#C[C@@H]1[C@H](c2ccccc2-c2cccc(F)c2)[C@@H](CO)N1C(=O)CN1CCOCC1. The first-order chi connectivity index (χ1) is 14.6. The molecular weight excluding hydrogens is 385 g/mol. The van der Waals surface area contributed by atoms with Gasteiger partial charge in [-0.25, -0.2) is 4.39 Å². The second-order valence-corrected chi connectivity index (χ2v) is 7.64. The third-order valence-corrected chi connectivity index (χ3v) is 5.94. The number of nitriles is 1. The Morgan fingerprint density at radius 2 is 1.97 bits per heavy atom. The molecule has 0 radical (unpaired) electrons. The highest BCUT2D eigenvalue weighted by atomic mass is 19.1. The molecule has 30 heavy (non-hydrogen) atoms. The fraction of sp³-hybridized carbons (Fsp3) is 0.391. The highest BCUT2D eigenvalue weighted by Gasteiger charge is 2.52. The Kier molecular flexibility index (Phi) is 6.09. The summed E-state index contributed by atoms with van der Waals surface area (Å²) in [5, 5.41) is 19.9. The molecule has 0 unspecified atom stereocenters. The maximum atomic E-state index is 13.8. The Balaban J connectivity index is 1.61. The van der Waals surface area contributed by atoms with E-state index < -0.39 is 12.1 Å². The quantitative estimate of drug-likeness (QED) is 0.818. The molecule has 3 atom stereocenters. The van der Waals surface area contributed by atoms with Crippen LogP contribution >= 0.6 is 0 Å². The van der Waals surface area contributed by atoms with Crippen molar-refractivity contribution in [1.82, 2.24) is 9.80 Å². The molecule has 2 aliphatic rings. The zero-order chi connectivity index (χ0) is 21.1. The molecule has 2 saturated heterocycles. The number of likely N-dealkylation sites (tertiary alicyclic amines) is 1. The molecule has 156 valence electrons. The number of rotatable bonds is 5. The average molecular weight is 409 g/mol. The summed E-state index contributed by atoms with van der Waals surface area (Å²) in [5.74, 6) is -0.844. The summed E-state index contributed by atoms with van der Waals surface area (Å²) in [5.41, 5.74) is 2.35. The van der Waals surface area contributed by atoms with Gasteiger partial charge in [0.05, 0.1) is 38.5 Å². The Morgan fingerprint density at radius 3 is 2.67 bits per heavy atom. The summed E-state index contributed by atoms with van der Waals surface area (Å²) < 4.78 is 19.1. The van der Waals surface area contributed by atoms with Crippen LogP contribution in [0.5, 0.6) is 0 Å². The fourth-order valence-corrected chi connectivity index (χ4v) is 4.46. The van der Waals surface area contributed by atoms with Crippen LogP contribution in [0.4, 0.5) is 4.39 Å². The molecule has 0 saturated carbocycles. The molecule has 6 nitrogen and oxygen atoms in total. The third kappa shape index (κ3) is 3.82. The number of halogens is 1. The summed E-state index contributed by atoms with van der Waals surface area (Å²) in [6.07, 6.45) is 0. The van der Waals surface area contributed by atoms with Crippen LogP contribution in [0.2, 0.25) is 0 Å². The number of aliphatic hydroxyl groups is 1. The Bertz CT molecular complexity index is 955. The summed E-state index contributed by atoms with van der Waals surface area (Å²) in [7, 11) is 0. The molecule has 2 fully saturated rings. The van der Waals surface area contributed by atoms with Crippen LogP contribution in [-0.2, 0) is 9.53 Å². The predicted octanol–water partition coefficient (Wildman–Crippen LogP) is 2.00. The van der Waals surface area contributed by atoms with Crippen LogP contribution in [0, 0.1) is 17.1 Å². The number of hydrogen-bond acceptors (Lipinski definition) is 5. The Hall–Kier alpha value is -2.79. The predicted molar refractivity (Wildman–Crippen MR) is 109 cm³/mol. The minimum absolute atomic E-state index is 0.165. The molecule has 0 bridgehead atoms. The van der Waals surface area contributed by atoms with Gasteiger partial charge < -0.3 is 14.7 Å². The van der Waals surface area contributed by atoms with Crippen LogP contribution in [0.3, 0.4) is 0 Å². The maximum absolute atomic E-state index is 13.8. The lowest BCUT2D eigenvalue weighted by molar-refractivity contribution is -0.149. The van der Waals surface area contributed by atoms with E-state index in [2.05, 4.69) is 6.07 Å². The van der Waals surface area contributed by atoms with Crippen molar-refractivity contribution in [3.8, 4) is 17.2 Å². The number of carbonyl (C=O) groups is 1. The lowest BCUT2D eigenvalue weighted by Crippen LogP contribution is -2.66. The van der Waals surface area contributed by atoms with Gasteiger partial charge in [0.25, 0.3) is 0 Å². The van der Waals surface area contributed by atoms with Crippen molar-refractivity contribution >= 4 is 5.91 Å². The van der Waals surface area contributed by atoms with Crippen LogP contribution < -0.4 is 0 Å². The lowest BCUT2D eigenvalue weighted by atomic mass is 9.73. The van der Waals surface area contributed by atoms with Gasteiger partial charge in [-0.1, -0.05) is 36.4 Å². The number of morpholine rings is 1. The number of benzene rings is 2. The van der Waals surface area contributed by atoms with E-state index in [-0.39, 0.29) is 30.8 Å². The van der Waals surface area contributed by atoms with E-state index in [4.69, 9.17) is 4.74 Å². The number of carbonyl (C=O) groups excluding carboxylic acids is 1. The van der Waals surface area contributed by atoms with Crippen molar-refractivity contribution < 1.29 is 19.0 Å². The maximum Gasteiger partial charge on any atom is 0.238 e. The second-order valence-electron chi connectivity index (χ2n) is 7.64. The Labute approximate surface area is 175 Å². The van der Waals surface area contributed by atoms with E-state index in [1.165, 1.54) is 17.0 Å². The fourth-order valence-electron chi connectivity index (χ4n) is 4.46. The first-order valence-corrected chi connectivity index (χ1v) is 10.1. The zero-order valence-electron chi connectivity index (χ0n) is 16.6. The second kappa shape index (κ2) is 8.92. The minimum Gasteiger partial charge on any atom is -0.394 e. The molecule has 1 amide bonds. The molecule has 2 heterocycles. The van der Waals surface area contributed by atoms with Gasteiger partial charge in [-0.15, -0.1) is 0 Å². The summed E-state index contributed by atoms with van der Waals surface area (Å²) >= 11 is 0. The van der Waals surface area contributed by atoms with Gasteiger partial charge >= 0.3 is 0 Å². The molecule has 2 aromatic rings. The summed E-state index contributed by atoms with van der Waals surface area (Å²) in [6.45, 7) is 2.48. The normalized spacial score (nSPS) is 24.2. The molecule has 0 spiro atoms. The van der Waals surface area contributed by atoms with Crippen LogP contribution in [0.1, 0.15) is 11.5 Å². The number of ether oxygens (including phenoxy) is 1. The van der Waals surface area contributed by atoms with Gasteiger partial charge in [-0.2, -0.15) is 5.26 Å². The third-order valence-electron chi connectivity index (χ3n) is 5.94. The minimum atomic E-state index is -0.676. The van der Waals surface area contributed by atoms with E-state index in [9.17, 15) is 19.6 Å². The molecule has 7 heteroatoms. The van der Waals surface area contributed by atoms with E-state index in [1.54, 1.807) is 6.07 Å². The van der Waals surface area contributed by atoms with Crippen molar-refractivity contribution in [2.75, 3.05) is 39.5 Å². The number of hydrogen-bond donors (Lipinski definition) is 1. The zero-order valence-corrected chi connectivity index (χ0v) is 16.6. The monoisotopic (exact) mass is 409 g/mol. The van der Waals surface area contributed by atoms with E-state index in [0.717, 1.165) is 11.1 Å². The van der Waals surface area contributed by atoms with E-state index >= 15 is 0 Å². The van der Waals surface area contributed by atoms with Crippen molar-refractivity contribution in [3.05, 3.63) is 59.9 Å². The topological polar surface area (TPSA) is 76.8 Å². The molecule has 0 aliphatic carbocycles. The van der Waals surface area contributed by atoms with Crippen LogP contribution in [-0.4, -0.2) is 72.4 Å². The molecule has 2 aromatic carbocycles. The summed E-state index contributed by atoms with van der Waals surface area (Å²) in [4.78, 5) is 16.4. The average Bonchev–Trinajstić information content (AvgIpc) is 2.75. The van der Waals surface area contributed by atoms with Crippen molar-refractivity contribution in [1.29, 1.82) is 5.26 Å². The van der Waals surface area contributed by atoms with Gasteiger partial charge in [-0.3, -0.25) is 9.69 Å². The van der Waals surface area contributed by atoms with E-state index in [1.807, 2.05) is 35.2 Å². The highest BCUT2D eigenvalue weighted by molar-refractivity contribution is 5.82. The first-order valence-electron chi connectivity index (χ1n) is 10.1. The van der Waals surface area contributed by atoms with Gasteiger partial charge in [-0.05, 0) is 28.8 Å². The van der Waals surface area contributed by atoms with Crippen molar-refractivity contribution in [3.63, 3.8) is 0 Å². The first kappa shape index (κ1) is 20.5. The molecule has 1 N–H and O–H groups in total. The number of aliphatic hydroxyl groups excluding tert-OH is 1. The van der Waals surface area contributed by atoms with Gasteiger partial charge in [0.2, 0.25) is 5.91 Å².